The zero-order chi connectivity index (χ0) is 9.84. The summed E-state index contributed by atoms with van der Waals surface area (Å²) in [5.74, 6) is -0.497. The Bertz CT molecular complexity index is 431. The van der Waals surface area contributed by atoms with Crippen molar-refractivity contribution in [2.24, 2.45) is 0 Å². The fraction of sp³-hybridized carbons (Fsp3) is 0.125. The van der Waals surface area contributed by atoms with Crippen LogP contribution in [0.2, 0.25) is 0 Å². The standard InChI is InChI=1S/C8H6N2O2S/c1-12-8(11)6-2-5(3-9)7(13)10-4-6/h2,4H,1H3,(H,10,13). The molecule has 0 unspecified atom stereocenters. The van der Waals surface area contributed by atoms with Crippen LogP contribution >= 0.6 is 12.2 Å². The number of aromatic amines is 1. The lowest BCUT2D eigenvalue weighted by Gasteiger charge is -1.98. The smallest absolute Gasteiger partial charge is 0.339 e. The van der Waals surface area contributed by atoms with Gasteiger partial charge in [-0.2, -0.15) is 5.26 Å². The summed E-state index contributed by atoms with van der Waals surface area (Å²) in [7, 11) is 1.27. The number of ether oxygens (including phenoxy) is 1. The van der Waals surface area contributed by atoms with Gasteiger partial charge in [0.15, 0.2) is 0 Å². The van der Waals surface area contributed by atoms with E-state index in [9.17, 15) is 4.79 Å². The maximum absolute atomic E-state index is 11.0. The first-order valence-corrected chi connectivity index (χ1v) is 3.81. The molecule has 0 saturated heterocycles. The van der Waals surface area contributed by atoms with Crippen molar-refractivity contribution in [1.82, 2.24) is 4.98 Å². The number of esters is 1. The SMILES string of the molecule is COC(=O)c1c[nH]c(=S)c(C#N)c1. The Morgan fingerprint density at radius 1 is 1.77 bits per heavy atom. The second-order valence-electron chi connectivity index (χ2n) is 2.23. The van der Waals surface area contributed by atoms with Crippen LogP contribution in [-0.2, 0) is 4.74 Å². The van der Waals surface area contributed by atoms with E-state index in [1.165, 1.54) is 19.4 Å². The molecule has 0 aromatic carbocycles. The van der Waals surface area contributed by atoms with Crippen LogP contribution in [-0.4, -0.2) is 18.1 Å². The van der Waals surface area contributed by atoms with Gasteiger partial charge in [-0.3, -0.25) is 0 Å². The number of aromatic nitrogens is 1. The number of pyridine rings is 1. The number of H-pyrrole nitrogens is 1. The van der Waals surface area contributed by atoms with Crippen LogP contribution in [0.15, 0.2) is 12.3 Å². The topological polar surface area (TPSA) is 65.9 Å². The van der Waals surface area contributed by atoms with Crippen molar-refractivity contribution in [2.45, 2.75) is 0 Å². The summed E-state index contributed by atoms with van der Waals surface area (Å²) in [6, 6.07) is 3.26. The summed E-state index contributed by atoms with van der Waals surface area (Å²) in [6.07, 6.45) is 1.41. The summed E-state index contributed by atoms with van der Waals surface area (Å²) in [4.78, 5) is 13.6. The molecule has 0 bridgehead atoms. The molecule has 1 aromatic heterocycles. The van der Waals surface area contributed by atoms with Crippen molar-refractivity contribution in [3.05, 3.63) is 28.0 Å². The zero-order valence-corrected chi connectivity index (χ0v) is 7.64. The third-order valence-corrected chi connectivity index (χ3v) is 1.78. The van der Waals surface area contributed by atoms with Gasteiger partial charge < -0.3 is 9.72 Å². The van der Waals surface area contributed by atoms with Gasteiger partial charge in [-0.1, -0.05) is 12.2 Å². The minimum atomic E-state index is -0.497. The zero-order valence-electron chi connectivity index (χ0n) is 6.83. The number of nitrogens with one attached hydrogen (secondary N) is 1. The molecule has 1 heterocycles. The van der Waals surface area contributed by atoms with E-state index in [1.54, 1.807) is 0 Å². The Kier molecular flexibility index (Phi) is 2.77. The van der Waals surface area contributed by atoms with Crippen molar-refractivity contribution in [1.29, 1.82) is 5.26 Å². The van der Waals surface area contributed by atoms with E-state index in [4.69, 9.17) is 17.5 Å². The highest BCUT2D eigenvalue weighted by Crippen LogP contribution is 2.04. The van der Waals surface area contributed by atoms with Gasteiger partial charge in [0.25, 0.3) is 0 Å². The second kappa shape index (κ2) is 3.83. The third-order valence-electron chi connectivity index (χ3n) is 1.44. The van der Waals surface area contributed by atoms with Crippen LogP contribution in [0, 0.1) is 16.0 Å². The van der Waals surface area contributed by atoms with E-state index in [-0.39, 0.29) is 11.1 Å². The molecule has 0 radical (unpaired) electrons. The van der Waals surface area contributed by atoms with Crippen LogP contribution < -0.4 is 0 Å². The highest BCUT2D eigenvalue weighted by atomic mass is 32.1. The summed E-state index contributed by atoms with van der Waals surface area (Å²) in [6.45, 7) is 0. The Morgan fingerprint density at radius 3 is 3.00 bits per heavy atom. The van der Waals surface area contributed by atoms with Crippen molar-refractivity contribution >= 4 is 18.2 Å². The molecule has 1 aromatic rings. The Hall–Kier alpha value is -1.67. The molecule has 0 atom stereocenters. The summed E-state index contributed by atoms with van der Waals surface area (Å²) < 4.78 is 4.79. The molecule has 1 N–H and O–H groups in total. The average Bonchev–Trinajstić information content (AvgIpc) is 2.17. The van der Waals surface area contributed by atoms with E-state index in [2.05, 4.69) is 9.72 Å². The van der Waals surface area contributed by atoms with E-state index in [1.807, 2.05) is 6.07 Å². The van der Waals surface area contributed by atoms with Gasteiger partial charge in [0.05, 0.1) is 18.2 Å². The third kappa shape index (κ3) is 1.92. The van der Waals surface area contributed by atoms with E-state index in [0.29, 0.717) is 4.64 Å². The molecule has 0 saturated carbocycles. The molecule has 1 rings (SSSR count). The number of hydrogen-bond acceptors (Lipinski definition) is 4. The van der Waals surface area contributed by atoms with E-state index in [0.717, 1.165) is 0 Å². The summed E-state index contributed by atoms with van der Waals surface area (Å²) in [5.41, 5.74) is 0.547. The van der Waals surface area contributed by atoms with Crippen molar-refractivity contribution in [3.63, 3.8) is 0 Å². The Balaban J connectivity index is 3.23. The Labute approximate surface area is 79.8 Å². The molecule has 66 valence electrons. The summed E-state index contributed by atoms with van der Waals surface area (Å²) >= 11 is 4.80. The molecule has 0 aliphatic carbocycles. The molecule has 0 aliphatic rings. The lowest BCUT2D eigenvalue weighted by atomic mass is 10.2. The van der Waals surface area contributed by atoms with Gasteiger partial charge in [0, 0.05) is 6.20 Å². The fourth-order valence-corrected chi connectivity index (χ4v) is 0.966. The van der Waals surface area contributed by atoms with Gasteiger partial charge in [0.2, 0.25) is 0 Å². The monoisotopic (exact) mass is 194 g/mol. The first-order valence-electron chi connectivity index (χ1n) is 3.40. The van der Waals surface area contributed by atoms with Gasteiger partial charge >= 0.3 is 5.97 Å². The molecular formula is C8H6N2O2S. The van der Waals surface area contributed by atoms with Gasteiger partial charge in [-0.25, -0.2) is 4.79 Å². The van der Waals surface area contributed by atoms with Crippen LogP contribution in [0.3, 0.4) is 0 Å². The number of methoxy groups -OCH3 is 1. The largest absolute Gasteiger partial charge is 0.465 e. The maximum atomic E-state index is 11.0. The Morgan fingerprint density at radius 2 is 2.46 bits per heavy atom. The number of nitriles is 1. The minimum absolute atomic E-state index is 0.262. The van der Waals surface area contributed by atoms with Crippen LogP contribution in [0.5, 0.6) is 0 Å². The molecule has 0 spiro atoms. The molecule has 0 amide bonds. The maximum Gasteiger partial charge on any atom is 0.339 e. The predicted octanol–water partition coefficient (Wildman–Crippen LogP) is 1.40. The van der Waals surface area contributed by atoms with E-state index >= 15 is 0 Å². The fourth-order valence-electron chi connectivity index (χ4n) is 0.803. The molecule has 0 aliphatic heterocycles. The highest BCUT2D eigenvalue weighted by molar-refractivity contribution is 7.71. The molecule has 13 heavy (non-hydrogen) atoms. The second-order valence-corrected chi connectivity index (χ2v) is 2.64. The number of nitrogens with zero attached hydrogens (tertiary/aromatic N) is 1. The molecule has 5 heteroatoms. The number of carbonyl (C=O) groups excluding carboxylic acids is 1. The number of carbonyl (C=O) groups is 1. The van der Waals surface area contributed by atoms with Crippen LogP contribution in [0.1, 0.15) is 15.9 Å². The van der Waals surface area contributed by atoms with Crippen molar-refractivity contribution in [2.75, 3.05) is 7.11 Å². The molecular weight excluding hydrogens is 188 g/mol. The van der Waals surface area contributed by atoms with Crippen LogP contribution in [0.25, 0.3) is 0 Å². The van der Waals surface area contributed by atoms with Crippen molar-refractivity contribution < 1.29 is 9.53 Å². The first kappa shape index (κ1) is 9.42. The molecule has 0 fully saturated rings. The molecule has 4 nitrogen and oxygen atoms in total. The lowest BCUT2D eigenvalue weighted by Crippen LogP contribution is -2.02. The quantitative estimate of drug-likeness (QED) is 0.542. The van der Waals surface area contributed by atoms with Crippen molar-refractivity contribution in [3.8, 4) is 6.07 Å². The predicted molar refractivity (Wildman–Crippen MR) is 47.7 cm³/mol. The number of hydrogen-bond donors (Lipinski definition) is 1. The lowest BCUT2D eigenvalue weighted by molar-refractivity contribution is 0.0600. The highest BCUT2D eigenvalue weighted by Gasteiger charge is 2.06. The van der Waals surface area contributed by atoms with Gasteiger partial charge in [-0.05, 0) is 6.07 Å². The minimum Gasteiger partial charge on any atom is -0.465 e. The normalized spacial score (nSPS) is 8.92. The first-order chi connectivity index (χ1) is 6.19. The number of rotatable bonds is 1. The average molecular weight is 194 g/mol. The van der Waals surface area contributed by atoms with Gasteiger partial charge in [0.1, 0.15) is 10.7 Å². The van der Waals surface area contributed by atoms with E-state index < -0.39 is 5.97 Å². The van der Waals surface area contributed by atoms with Gasteiger partial charge in [-0.15, -0.1) is 0 Å². The van der Waals surface area contributed by atoms with Crippen LogP contribution in [0.4, 0.5) is 0 Å². The summed E-state index contributed by atoms with van der Waals surface area (Å²) in [5, 5.41) is 8.61.